The highest BCUT2D eigenvalue weighted by atomic mass is 14.6. The Morgan fingerprint density at radius 3 is 2.43 bits per heavy atom. The van der Waals surface area contributed by atoms with Crippen LogP contribution in [0.5, 0.6) is 0 Å². The van der Waals surface area contributed by atoms with Gasteiger partial charge in [-0.15, -0.1) is 0 Å². The lowest BCUT2D eigenvalue weighted by molar-refractivity contribution is 0.285. The fraction of sp³-hybridized carbons (Fsp3) is 0.704. The van der Waals surface area contributed by atoms with Crippen molar-refractivity contribution in [2.45, 2.75) is 80.6 Å². The molecule has 0 amide bonds. The van der Waals surface area contributed by atoms with Crippen LogP contribution in [0.4, 0.5) is 0 Å². The molecule has 0 aliphatic heterocycles. The summed E-state index contributed by atoms with van der Waals surface area (Å²) < 4.78 is 0. The van der Waals surface area contributed by atoms with Crippen LogP contribution in [0.1, 0.15) is 80.6 Å². The van der Waals surface area contributed by atoms with Crippen LogP contribution in [0.3, 0.4) is 0 Å². The first kappa shape index (κ1) is 23.0. The van der Waals surface area contributed by atoms with Crippen LogP contribution in [0, 0.1) is 41.4 Å². The molecule has 2 N–H and O–H groups in total. The summed E-state index contributed by atoms with van der Waals surface area (Å²) in [4.78, 5) is 0. The van der Waals surface area contributed by atoms with E-state index in [4.69, 9.17) is 5.73 Å². The van der Waals surface area contributed by atoms with Crippen LogP contribution in [0.15, 0.2) is 47.2 Å². The van der Waals surface area contributed by atoms with Gasteiger partial charge in [-0.25, -0.2) is 0 Å². The zero-order valence-electron chi connectivity index (χ0n) is 19.5. The Balaban J connectivity index is 2.15. The molecule has 0 fully saturated rings. The normalized spacial score (nSPS) is 33.8. The van der Waals surface area contributed by atoms with E-state index >= 15 is 0 Å². The second kappa shape index (κ2) is 10.5. The second-order valence-electron chi connectivity index (χ2n) is 9.90. The Kier molecular flexibility index (Phi) is 8.65. The summed E-state index contributed by atoms with van der Waals surface area (Å²) in [5.74, 6) is 4.65. The maximum Gasteiger partial charge on any atom is 0.00570 e. The van der Waals surface area contributed by atoms with E-state index in [9.17, 15) is 0 Å². The van der Waals surface area contributed by atoms with Crippen molar-refractivity contribution < 1.29 is 0 Å². The van der Waals surface area contributed by atoms with Crippen LogP contribution >= 0.6 is 0 Å². The molecule has 158 valence electrons. The predicted molar refractivity (Wildman–Crippen MR) is 125 cm³/mol. The molecule has 0 heterocycles. The molecule has 6 unspecified atom stereocenters. The maximum atomic E-state index is 6.15. The van der Waals surface area contributed by atoms with Gasteiger partial charge in [-0.3, -0.25) is 0 Å². The van der Waals surface area contributed by atoms with Gasteiger partial charge < -0.3 is 5.73 Å². The van der Waals surface area contributed by atoms with Crippen molar-refractivity contribution in [2.24, 2.45) is 47.2 Å². The average molecular weight is 384 g/mol. The van der Waals surface area contributed by atoms with E-state index in [0.717, 1.165) is 24.0 Å². The molecule has 2 aliphatic carbocycles. The number of hydrogen-bond acceptors (Lipinski definition) is 1. The molecule has 2 aliphatic rings. The quantitative estimate of drug-likeness (QED) is 0.427. The van der Waals surface area contributed by atoms with Gasteiger partial charge in [-0.1, -0.05) is 90.0 Å². The minimum absolute atomic E-state index is 0.572. The topological polar surface area (TPSA) is 26.0 Å². The number of rotatable bonds is 8. The highest BCUT2D eigenvalue weighted by Gasteiger charge is 2.30. The molecular weight excluding hydrogens is 338 g/mol. The summed E-state index contributed by atoms with van der Waals surface area (Å²) in [7, 11) is 0. The van der Waals surface area contributed by atoms with Gasteiger partial charge in [0.15, 0.2) is 0 Å². The molecule has 0 aromatic carbocycles. The monoisotopic (exact) mass is 383 g/mol. The summed E-state index contributed by atoms with van der Waals surface area (Å²) in [5, 5.41) is 0. The van der Waals surface area contributed by atoms with Crippen LogP contribution in [-0.4, -0.2) is 0 Å². The second-order valence-corrected chi connectivity index (χ2v) is 9.90. The van der Waals surface area contributed by atoms with Gasteiger partial charge in [-0.05, 0) is 67.6 Å². The van der Waals surface area contributed by atoms with Crippen LogP contribution < -0.4 is 5.73 Å². The van der Waals surface area contributed by atoms with Gasteiger partial charge in [0.2, 0.25) is 0 Å². The van der Waals surface area contributed by atoms with Gasteiger partial charge in [0.25, 0.3) is 0 Å². The van der Waals surface area contributed by atoms with Gasteiger partial charge in [0, 0.05) is 11.6 Å². The van der Waals surface area contributed by atoms with E-state index in [1.54, 1.807) is 11.1 Å². The smallest absolute Gasteiger partial charge is 0.00570 e. The molecule has 2 rings (SSSR count). The minimum atomic E-state index is 0.572. The molecule has 28 heavy (non-hydrogen) atoms. The Hall–Kier alpha value is -1.24. The third-order valence-electron chi connectivity index (χ3n) is 7.53. The molecule has 1 nitrogen and oxygen atoms in total. The molecule has 6 atom stereocenters. The SMILES string of the molecule is CC/C(N)=C/C1C(CCC(/C2=C/C(C)C(C)/C=C\CC2)C(C)C(C)C)=CC1C. The first-order valence-electron chi connectivity index (χ1n) is 11.8. The zero-order chi connectivity index (χ0) is 20.8. The lowest BCUT2D eigenvalue weighted by Crippen LogP contribution is -2.25. The summed E-state index contributed by atoms with van der Waals surface area (Å²) in [6.45, 7) is 16.5. The van der Waals surface area contributed by atoms with Crippen molar-refractivity contribution in [1.82, 2.24) is 0 Å². The standard InChI is InChI=1S/C27H45N/c1-8-25(28)17-27-21(6)16-24(27)13-14-26(22(7)18(2)3)23-12-10-9-11-19(4)20(5)15-23/h9,11,15-22,26-27H,8,10,12-14,28H2,1-7H3/b11-9-,23-15+,25-17-. The van der Waals surface area contributed by atoms with Crippen molar-refractivity contribution in [3.05, 3.63) is 47.2 Å². The van der Waals surface area contributed by atoms with E-state index in [-0.39, 0.29) is 0 Å². The van der Waals surface area contributed by atoms with E-state index in [1.165, 1.54) is 25.7 Å². The highest BCUT2D eigenvalue weighted by molar-refractivity contribution is 5.29. The van der Waals surface area contributed by atoms with Crippen LogP contribution in [0.25, 0.3) is 0 Å². The summed E-state index contributed by atoms with van der Waals surface area (Å²) in [6.07, 6.45) is 18.2. The fourth-order valence-electron chi connectivity index (χ4n) is 4.82. The Bertz CT molecular complexity index is 618. The third-order valence-corrected chi connectivity index (χ3v) is 7.53. The van der Waals surface area contributed by atoms with E-state index in [2.05, 4.69) is 78.8 Å². The fourth-order valence-corrected chi connectivity index (χ4v) is 4.82. The molecule has 0 spiro atoms. The first-order chi connectivity index (χ1) is 13.2. The maximum absolute atomic E-state index is 6.15. The average Bonchev–Trinajstić information content (AvgIpc) is 2.65. The van der Waals surface area contributed by atoms with E-state index < -0.39 is 0 Å². The number of nitrogens with two attached hydrogens (primary N) is 1. The molecule has 0 aromatic rings. The Morgan fingerprint density at radius 1 is 1.11 bits per heavy atom. The highest BCUT2D eigenvalue weighted by Crippen LogP contribution is 2.42. The molecule has 0 radical (unpaired) electrons. The lowest BCUT2D eigenvalue weighted by atomic mass is 9.69. The van der Waals surface area contributed by atoms with Crippen LogP contribution in [-0.2, 0) is 0 Å². The minimum Gasteiger partial charge on any atom is -0.402 e. The Labute approximate surface area is 175 Å². The zero-order valence-corrected chi connectivity index (χ0v) is 19.5. The van der Waals surface area contributed by atoms with Gasteiger partial charge >= 0.3 is 0 Å². The van der Waals surface area contributed by atoms with Gasteiger partial charge in [0.1, 0.15) is 0 Å². The predicted octanol–water partition coefficient (Wildman–Crippen LogP) is 7.67. The number of allylic oxidation sites excluding steroid dienone is 8. The third kappa shape index (κ3) is 5.88. The van der Waals surface area contributed by atoms with E-state index in [1.807, 2.05) is 0 Å². The first-order valence-corrected chi connectivity index (χ1v) is 11.8. The summed E-state index contributed by atoms with van der Waals surface area (Å²) in [5.41, 5.74) is 10.5. The largest absolute Gasteiger partial charge is 0.402 e. The molecule has 0 saturated heterocycles. The molecule has 0 saturated carbocycles. The van der Waals surface area contributed by atoms with Crippen molar-refractivity contribution in [1.29, 1.82) is 0 Å². The molecule has 0 aromatic heterocycles. The van der Waals surface area contributed by atoms with E-state index in [0.29, 0.717) is 29.6 Å². The lowest BCUT2D eigenvalue weighted by Gasteiger charge is -2.36. The van der Waals surface area contributed by atoms with Crippen molar-refractivity contribution in [3.8, 4) is 0 Å². The summed E-state index contributed by atoms with van der Waals surface area (Å²) in [6, 6.07) is 0. The molecule has 1 heteroatoms. The molecule has 0 bridgehead atoms. The van der Waals surface area contributed by atoms with Gasteiger partial charge in [-0.2, -0.15) is 0 Å². The summed E-state index contributed by atoms with van der Waals surface area (Å²) >= 11 is 0. The molecular formula is C27H45N. The Morgan fingerprint density at radius 2 is 1.82 bits per heavy atom. The van der Waals surface area contributed by atoms with Crippen molar-refractivity contribution >= 4 is 0 Å². The number of hydrogen-bond donors (Lipinski definition) is 1. The van der Waals surface area contributed by atoms with Crippen LogP contribution in [0.2, 0.25) is 0 Å². The van der Waals surface area contributed by atoms with Crippen molar-refractivity contribution in [3.63, 3.8) is 0 Å². The van der Waals surface area contributed by atoms with Crippen molar-refractivity contribution in [2.75, 3.05) is 0 Å². The van der Waals surface area contributed by atoms with Gasteiger partial charge in [0.05, 0.1) is 0 Å².